The lowest BCUT2D eigenvalue weighted by molar-refractivity contribution is -0.384. The van der Waals surface area contributed by atoms with Crippen molar-refractivity contribution < 1.29 is 14.5 Å². The molecule has 2 aromatic rings. The molecule has 0 aliphatic heterocycles. The number of carbonyl (C=O) groups is 2. The summed E-state index contributed by atoms with van der Waals surface area (Å²) in [7, 11) is 0. The van der Waals surface area contributed by atoms with Crippen molar-refractivity contribution in [3.8, 4) is 0 Å². The molecular weight excluding hydrogens is 324 g/mol. The smallest absolute Gasteiger partial charge is 0.267 e. The number of nitro groups is 1. The Morgan fingerprint density at radius 3 is 2.20 bits per heavy atom. The monoisotopic (exact) mass is 342 g/mol. The average Bonchev–Trinajstić information content (AvgIpc) is 2.58. The van der Waals surface area contributed by atoms with Gasteiger partial charge in [0.2, 0.25) is 0 Å². The molecule has 2 N–H and O–H groups in total. The molecule has 2 rings (SSSR count). The van der Waals surface area contributed by atoms with Crippen LogP contribution in [0.2, 0.25) is 0 Å². The number of aromatic nitrogens is 1. The van der Waals surface area contributed by atoms with Crippen LogP contribution in [-0.4, -0.2) is 21.7 Å². The number of nitro benzene ring substituents is 1. The van der Waals surface area contributed by atoms with E-state index in [0.717, 1.165) is 11.8 Å². The maximum atomic E-state index is 12.2. The van der Waals surface area contributed by atoms with Crippen molar-refractivity contribution in [2.45, 2.75) is 26.2 Å². The average molecular weight is 342 g/mol. The van der Waals surface area contributed by atoms with Gasteiger partial charge in [0.15, 0.2) is 0 Å². The minimum Gasteiger partial charge on any atom is -0.267 e. The number of benzene rings is 1. The van der Waals surface area contributed by atoms with Crippen molar-refractivity contribution in [2.75, 3.05) is 0 Å². The van der Waals surface area contributed by atoms with Crippen molar-refractivity contribution in [1.82, 2.24) is 15.8 Å². The maximum absolute atomic E-state index is 12.2. The number of hydrazine groups is 1. The van der Waals surface area contributed by atoms with E-state index in [1.807, 2.05) is 20.8 Å². The quantitative estimate of drug-likeness (QED) is 0.656. The Morgan fingerprint density at radius 2 is 1.64 bits per heavy atom. The first kappa shape index (κ1) is 18.1. The molecule has 0 saturated heterocycles. The second-order valence-corrected chi connectivity index (χ2v) is 6.40. The summed E-state index contributed by atoms with van der Waals surface area (Å²) < 4.78 is 0. The van der Waals surface area contributed by atoms with Crippen LogP contribution in [0.5, 0.6) is 0 Å². The third-order valence-corrected chi connectivity index (χ3v) is 3.40. The lowest BCUT2D eigenvalue weighted by atomic mass is 9.91. The third-order valence-electron chi connectivity index (χ3n) is 3.40. The second-order valence-electron chi connectivity index (χ2n) is 6.40. The van der Waals surface area contributed by atoms with Crippen LogP contribution in [0.1, 0.15) is 47.2 Å². The predicted molar refractivity (Wildman–Crippen MR) is 91.0 cm³/mol. The SMILES string of the molecule is CC(C)(C)c1cc(C(=O)NNC(=O)c2cccc([N+](=O)[O-])c2)ccn1. The Kier molecular flexibility index (Phi) is 5.11. The molecule has 1 heterocycles. The van der Waals surface area contributed by atoms with Gasteiger partial charge in [-0.3, -0.25) is 35.5 Å². The number of pyridine rings is 1. The molecule has 0 aliphatic carbocycles. The van der Waals surface area contributed by atoms with Gasteiger partial charge in [-0.25, -0.2) is 0 Å². The molecular formula is C17H18N4O4. The van der Waals surface area contributed by atoms with E-state index in [1.54, 1.807) is 6.07 Å². The van der Waals surface area contributed by atoms with Gasteiger partial charge in [-0.15, -0.1) is 0 Å². The van der Waals surface area contributed by atoms with Crippen LogP contribution < -0.4 is 10.9 Å². The second kappa shape index (κ2) is 7.08. The van der Waals surface area contributed by atoms with Gasteiger partial charge in [0.1, 0.15) is 0 Å². The first-order chi connectivity index (χ1) is 11.7. The van der Waals surface area contributed by atoms with E-state index >= 15 is 0 Å². The summed E-state index contributed by atoms with van der Waals surface area (Å²) in [5, 5.41) is 10.7. The Bertz CT molecular complexity index is 827. The van der Waals surface area contributed by atoms with E-state index in [1.165, 1.54) is 30.5 Å². The largest absolute Gasteiger partial charge is 0.270 e. The molecule has 0 bridgehead atoms. The summed E-state index contributed by atoms with van der Waals surface area (Å²) >= 11 is 0. The Hall–Kier alpha value is -3.29. The molecule has 8 nitrogen and oxygen atoms in total. The van der Waals surface area contributed by atoms with Crippen molar-refractivity contribution in [2.24, 2.45) is 0 Å². The molecule has 1 aromatic carbocycles. The number of non-ortho nitro benzene ring substituents is 1. The van der Waals surface area contributed by atoms with Crippen LogP contribution in [0.15, 0.2) is 42.6 Å². The first-order valence-corrected chi connectivity index (χ1v) is 7.50. The van der Waals surface area contributed by atoms with E-state index < -0.39 is 16.7 Å². The lowest BCUT2D eigenvalue weighted by Gasteiger charge is -2.18. The van der Waals surface area contributed by atoms with E-state index in [-0.39, 0.29) is 16.7 Å². The van der Waals surface area contributed by atoms with Gasteiger partial charge in [0.05, 0.1) is 4.92 Å². The summed E-state index contributed by atoms with van der Waals surface area (Å²) in [5.74, 6) is -1.16. The first-order valence-electron chi connectivity index (χ1n) is 7.50. The number of nitrogens with zero attached hydrogens (tertiary/aromatic N) is 2. The summed E-state index contributed by atoms with van der Waals surface area (Å²) in [6.45, 7) is 5.92. The maximum Gasteiger partial charge on any atom is 0.270 e. The van der Waals surface area contributed by atoms with E-state index in [9.17, 15) is 19.7 Å². The van der Waals surface area contributed by atoms with Gasteiger partial charge in [-0.1, -0.05) is 26.8 Å². The van der Waals surface area contributed by atoms with E-state index in [2.05, 4.69) is 15.8 Å². The van der Waals surface area contributed by atoms with Crippen LogP contribution in [0.25, 0.3) is 0 Å². The minimum atomic E-state index is -0.651. The number of hydrogen-bond donors (Lipinski definition) is 2. The molecule has 0 atom stereocenters. The molecule has 0 fully saturated rings. The fourth-order valence-corrected chi connectivity index (χ4v) is 2.00. The zero-order valence-electron chi connectivity index (χ0n) is 14.1. The van der Waals surface area contributed by atoms with Crippen molar-refractivity contribution >= 4 is 17.5 Å². The molecule has 2 amide bonds. The highest BCUT2D eigenvalue weighted by Crippen LogP contribution is 2.20. The fourth-order valence-electron chi connectivity index (χ4n) is 2.00. The van der Waals surface area contributed by atoms with E-state index in [0.29, 0.717) is 5.56 Å². The Balaban J connectivity index is 2.06. The van der Waals surface area contributed by atoms with Gasteiger partial charge in [0.25, 0.3) is 17.5 Å². The zero-order chi connectivity index (χ0) is 18.6. The summed E-state index contributed by atoms with van der Waals surface area (Å²) in [5.41, 5.74) is 5.26. The molecule has 130 valence electrons. The molecule has 1 aromatic heterocycles. The van der Waals surface area contributed by atoms with Gasteiger partial charge in [-0.2, -0.15) is 0 Å². The normalized spacial score (nSPS) is 10.8. The van der Waals surface area contributed by atoms with Crippen LogP contribution in [0.4, 0.5) is 5.69 Å². The Morgan fingerprint density at radius 1 is 1.04 bits per heavy atom. The molecule has 0 aliphatic rings. The third kappa shape index (κ3) is 4.60. The number of rotatable bonds is 3. The fraction of sp³-hybridized carbons (Fsp3) is 0.235. The topological polar surface area (TPSA) is 114 Å². The highest BCUT2D eigenvalue weighted by molar-refractivity contribution is 5.99. The van der Waals surface area contributed by atoms with Gasteiger partial charge < -0.3 is 0 Å². The lowest BCUT2D eigenvalue weighted by Crippen LogP contribution is -2.41. The van der Waals surface area contributed by atoms with Gasteiger partial charge >= 0.3 is 0 Å². The molecule has 25 heavy (non-hydrogen) atoms. The van der Waals surface area contributed by atoms with Crippen LogP contribution in [-0.2, 0) is 5.41 Å². The van der Waals surface area contributed by atoms with Gasteiger partial charge in [-0.05, 0) is 18.2 Å². The molecule has 0 saturated carbocycles. The highest BCUT2D eigenvalue weighted by Gasteiger charge is 2.18. The number of carbonyl (C=O) groups excluding carboxylic acids is 2. The van der Waals surface area contributed by atoms with E-state index in [4.69, 9.17) is 0 Å². The van der Waals surface area contributed by atoms with Crippen LogP contribution in [0, 0.1) is 10.1 Å². The Labute approximate surface area is 144 Å². The summed E-state index contributed by atoms with van der Waals surface area (Å²) in [6, 6.07) is 8.40. The standard InChI is InChI=1S/C17H18N4O4/c1-17(2,3)14-10-12(7-8-18-14)16(23)20-19-15(22)11-5-4-6-13(9-11)21(24)25/h4-10H,1-3H3,(H,19,22)(H,20,23). The van der Waals surface area contributed by atoms with Crippen LogP contribution >= 0.6 is 0 Å². The summed E-state index contributed by atoms with van der Waals surface area (Å²) in [4.78, 5) is 38.6. The van der Waals surface area contributed by atoms with Crippen molar-refractivity contribution in [1.29, 1.82) is 0 Å². The number of nitrogens with one attached hydrogen (secondary N) is 2. The highest BCUT2D eigenvalue weighted by atomic mass is 16.6. The summed E-state index contributed by atoms with van der Waals surface area (Å²) in [6.07, 6.45) is 1.53. The van der Waals surface area contributed by atoms with Crippen molar-refractivity contribution in [3.63, 3.8) is 0 Å². The number of hydrogen-bond acceptors (Lipinski definition) is 5. The molecule has 0 spiro atoms. The molecule has 0 radical (unpaired) electrons. The molecule has 0 unspecified atom stereocenters. The van der Waals surface area contributed by atoms with Crippen LogP contribution in [0.3, 0.4) is 0 Å². The predicted octanol–water partition coefficient (Wildman–Crippen LogP) is 2.36. The van der Waals surface area contributed by atoms with Gasteiger partial charge in [0, 0.05) is 40.6 Å². The number of amides is 2. The zero-order valence-corrected chi connectivity index (χ0v) is 14.1. The van der Waals surface area contributed by atoms with Crippen molar-refractivity contribution in [3.05, 3.63) is 69.5 Å². The molecule has 8 heteroatoms. The minimum absolute atomic E-state index is 0.0691.